The van der Waals surface area contributed by atoms with E-state index in [-0.39, 0.29) is 0 Å². The minimum atomic E-state index is 0.444. The Hall–Kier alpha value is -0.120. The van der Waals surface area contributed by atoms with E-state index < -0.39 is 0 Å². The smallest absolute Gasteiger partial charge is 0.0726 e. The molecule has 3 unspecified atom stereocenters. The summed E-state index contributed by atoms with van der Waals surface area (Å²) >= 11 is 0. The zero-order valence-corrected chi connectivity index (χ0v) is 14.7. The van der Waals surface area contributed by atoms with Gasteiger partial charge in [-0.25, -0.2) is 0 Å². The second-order valence-electron chi connectivity index (χ2n) is 8.13. The van der Waals surface area contributed by atoms with Crippen LogP contribution in [0.3, 0.4) is 0 Å². The van der Waals surface area contributed by atoms with Crippen molar-refractivity contribution in [1.82, 2.24) is 10.2 Å². The second-order valence-corrected chi connectivity index (χ2v) is 8.13. The van der Waals surface area contributed by atoms with Gasteiger partial charge in [-0.2, -0.15) is 0 Å². The lowest BCUT2D eigenvalue weighted by atomic mass is 9.77. The van der Waals surface area contributed by atoms with Gasteiger partial charge in [-0.1, -0.05) is 20.8 Å². The van der Waals surface area contributed by atoms with Gasteiger partial charge in [0.05, 0.1) is 6.10 Å². The van der Waals surface area contributed by atoms with E-state index in [0.29, 0.717) is 17.6 Å². The van der Waals surface area contributed by atoms with Crippen LogP contribution in [0.1, 0.15) is 59.8 Å². The lowest BCUT2D eigenvalue weighted by molar-refractivity contribution is 0.0826. The van der Waals surface area contributed by atoms with Gasteiger partial charge in [0.15, 0.2) is 0 Å². The van der Waals surface area contributed by atoms with Crippen molar-refractivity contribution in [3.63, 3.8) is 0 Å². The number of nitrogens with one attached hydrogen (secondary N) is 1. The first kappa shape index (κ1) is 17.2. The maximum atomic E-state index is 5.75. The second kappa shape index (κ2) is 7.94. The molecule has 0 radical (unpaired) electrons. The van der Waals surface area contributed by atoms with Crippen LogP contribution in [0.25, 0.3) is 0 Å². The molecule has 2 rings (SSSR count). The van der Waals surface area contributed by atoms with Crippen LogP contribution in [0.15, 0.2) is 0 Å². The van der Waals surface area contributed by atoms with Crippen LogP contribution < -0.4 is 5.32 Å². The Balaban J connectivity index is 1.64. The van der Waals surface area contributed by atoms with E-state index >= 15 is 0 Å². The normalized spacial score (nSPS) is 30.3. The van der Waals surface area contributed by atoms with E-state index in [4.69, 9.17) is 4.74 Å². The molecule has 2 aliphatic rings. The van der Waals surface area contributed by atoms with Crippen molar-refractivity contribution in [3.8, 4) is 0 Å². The molecule has 0 aromatic rings. The largest absolute Gasteiger partial charge is 0.377 e. The fourth-order valence-corrected chi connectivity index (χ4v) is 3.82. The molecule has 3 nitrogen and oxygen atoms in total. The van der Waals surface area contributed by atoms with Gasteiger partial charge >= 0.3 is 0 Å². The number of hydrogen-bond acceptors (Lipinski definition) is 3. The highest BCUT2D eigenvalue weighted by atomic mass is 16.5. The monoisotopic (exact) mass is 296 g/mol. The van der Waals surface area contributed by atoms with Crippen molar-refractivity contribution in [2.45, 2.75) is 71.9 Å². The molecule has 21 heavy (non-hydrogen) atoms. The summed E-state index contributed by atoms with van der Waals surface area (Å²) in [5, 5.41) is 3.67. The Morgan fingerprint density at radius 1 is 1.14 bits per heavy atom. The van der Waals surface area contributed by atoms with Crippen LogP contribution in [0, 0.1) is 11.3 Å². The summed E-state index contributed by atoms with van der Waals surface area (Å²) in [6.07, 6.45) is 7.04. The Morgan fingerprint density at radius 3 is 2.62 bits per heavy atom. The molecule has 3 atom stereocenters. The molecular formula is C18H36N2O. The maximum Gasteiger partial charge on any atom is 0.0726 e. The van der Waals surface area contributed by atoms with Gasteiger partial charge in [-0.15, -0.1) is 0 Å². The summed E-state index contributed by atoms with van der Waals surface area (Å²) in [5.74, 6) is 0.890. The summed E-state index contributed by atoms with van der Waals surface area (Å²) in [6.45, 7) is 15.3. The Bertz CT molecular complexity index is 294. The molecule has 2 heterocycles. The van der Waals surface area contributed by atoms with Gasteiger partial charge < -0.3 is 15.0 Å². The number of hydrogen-bond donors (Lipinski definition) is 1. The molecule has 1 N–H and O–H groups in total. The van der Waals surface area contributed by atoms with Crippen molar-refractivity contribution in [2.24, 2.45) is 11.3 Å². The highest BCUT2D eigenvalue weighted by molar-refractivity contribution is 4.80. The summed E-state index contributed by atoms with van der Waals surface area (Å²) < 4.78 is 5.75. The van der Waals surface area contributed by atoms with E-state index in [9.17, 15) is 0 Å². The lowest BCUT2D eigenvalue weighted by Crippen LogP contribution is -2.41. The molecule has 0 spiro atoms. The molecule has 0 aliphatic carbocycles. The molecule has 0 saturated carbocycles. The molecule has 0 bridgehead atoms. The number of likely N-dealkylation sites (tertiary alicyclic amines) is 1. The molecular weight excluding hydrogens is 260 g/mol. The quantitative estimate of drug-likeness (QED) is 0.842. The molecule has 3 heteroatoms. The molecule has 2 aliphatic heterocycles. The highest BCUT2D eigenvalue weighted by Crippen LogP contribution is 2.34. The predicted molar refractivity (Wildman–Crippen MR) is 89.7 cm³/mol. The van der Waals surface area contributed by atoms with Crippen molar-refractivity contribution in [1.29, 1.82) is 0 Å². The fraction of sp³-hybridized carbons (Fsp3) is 1.00. The van der Waals surface area contributed by atoms with Crippen molar-refractivity contribution in [3.05, 3.63) is 0 Å². The topological polar surface area (TPSA) is 24.5 Å². The lowest BCUT2D eigenvalue weighted by Gasteiger charge is -2.30. The average Bonchev–Trinajstić information content (AvgIpc) is 2.84. The first-order chi connectivity index (χ1) is 9.97. The molecule has 0 aromatic carbocycles. The minimum absolute atomic E-state index is 0.444. The van der Waals surface area contributed by atoms with Gasteiger partial charge in [-0.05, 0) is 63.5 Å². The molecule has 2 saturated heterocycles. The molecule has 0 amide bonds. The first-order valence-corrected chi connectivity index (χ1v) is 9.04. The Kier molecular flexibility index (Phi) is 6.51. The summed E-state index contributed by atoms with van der Waals surface area (Å²) in [7, 11) is 0. The van der Waals surface area contributed by atoms with Crippen molar-refractivity contribution >= 4 is 0 Å². The van der Waals surface area contributed by atoms with E-state index in [1.165, 1.54) is 51.7 Å². The zero-order chi connectivity index (χ0) is 15.3. The van der Waals surface area contributed by atoms with E-state index in [1.807, 2.05) is 0 Å². The van der Waals surface area contributed by atoms with E-state index in [1.54, 1.807) is 0 Å². The first-order valence-electron chi connectivity index (χ1n) is 9.04. The maximum absolute atomic E-state index is 5.75. The fourth-order valence-electron chi connectivity index (χ4n) is 3.82. The van der Waals surface area contributed by atoms with E-state index in [2.05, 4.69) is 37.9 Å². The third-order valence-electron chi connectivity index (χ3n) is 5.46. The SMILES string of the molecule is CC(NCCN1CCCC(C(C)(C)C)CC1)C1CCCO1. The van der Waals surface area contributed by atoms with Crippen LogP contribution >= 0.6 is 0 Å². The van der Waals surface area contributed by atoms with Crippen LogP contribution in [0.4, 0.5) is 0 Å². The van der Waals surface area contributed by atoms with Gasteiger partial charge in [0.25, 0.3) is 0 Å². The number of rotatable bonds is 5. The van der Waals surface area contributed by atoms with Crippen LogP contribution in [-0.2, 0) is 4.74 Å². The summed E-state index contributed by atoms with van der Waals surface area (Å²) in [6, 6.07) is 0.502. The van der Waals surface area contributed by atoms with Gasteiger partial charge in [0.1, 0.15) is 0 Å². The van der Waals surface area contributed by atoms with Crippen molar-refractivity contribution in [2.75, 3.05) is 32.8 Å². The Morgan fingerprint density at radius 2 is 1.95 bits per heavy atom. The van der Waals surface area contributed by atoms with Crippen LogP contribution in [0.5, 0.6) is 0 Å². The van der Waals surface area contributed by atoms with Gasteiger partial charge in [-0.3, -0.25) is 0 Å². The third-order valence-corrected chi connectivity index (χ3v) is 5.46. The van der Waals surface area contributed by atoms with Crippen LogP contribution in [0.2, 0.25) is 0 Å². The highest BCUT2D eigenvalue weighted by Gasteiger charge is 2.27. The summed E-state index contributed by atoms with van der Waals surface area (Å²) in [5.41, 5.74) is 0.475. The van der Waals surface area contributed by atoms with Crippen LogP contribution in [-0.4, -0.2) is 49.8 Å². The van der Waals surface area contributed by atoms with Crippen molar-refractivity contribution < 1.29 is 4.74 Å². The average molecular weight is 296 g/mol. The van der Waals surface area contributed by atoms with E-state index in [0.717, 1.165) is 19.1 Å². The molecule has 0 aromatic heterocycles. The summed E-state index contributed by atoms with van der Waals surface area (Å²) in [4.78, 5) is 2.65. The predicted octanol–water partition coefficient (Wildman–Crippen LogP) is 3.29. The third kappa shape index (κ3) is 5.54. The Labute approximate surface area is 131 Å². The standard InChI is InChI=1S/C18H36N2O/c1-15(17-8-6-14-21-17)19-10-13-20-11-5-7-16(9-12-20)18(2,3)4/h15-17,19H,5-14H2,1-4H3. The molecule has 124 valence electrons. The number of ether oxygens (including phenoxy) is 1. The minimum Gasteiger partial charge on any atom is -0.377 e. The molecule has 2 fully saturated rings. The number of nitrogens with zero attached hydrogens (tertiary/aromatic N) is 1. The zero-order valence-electron chi connectivity index (χ0n) is 14.7. The van der Waals surface area contributed by atoms with Gasteiger partial charge in [0, 0.05) is 25.7 Å². The van der Waals surface area contributed by atoms with Gasteiger partial charge in [0.2, 0.25) is 0 Å².